The summed E-state index contributed by atoms with van der Waals surface area (Å²) in [5.74, 6) is -0.164. The van der Waals surface area contributed by atoms with Gasteiger partial charge in [-0.15, -0.1) is 0 Å². The first-order valence-electron chi connectivity index (χ1n) is 8.70. The van der Waals surface area contributed by atoms with Crippen LogP contribution in [0.25, 0.3) is 10.9 Å². The van der Waals surface area contributed by atoms with Crippen LogP contribution in [0.4, 0.5) is 0 Å². The van der Waals surface area contributed by atoms with Crippen molar-refractivity contribution in [3.8, 4) is 0 Å². The summed E-state index contributed by atoms with van der Waals surface area (Å²) in [6.07, 6.45) is 5.18. The number of likely N-dealkylation sites (tertiary alicyclic amines) is 1. The molecule has 0 radical (unpaired) electrons. The van der Waals surface area contributed by atoms with Gasteiger partial charge in [-0.05, 0) is 44.5 Å². The standard InChI is InChI=1S/C18H23BrN4O2/c1-13-4-2-3-8-22(13)9-7-20-17(24)11-23-12-21-16-6-5-14(19)10-15(16)18(23)25/h5-6,10,12-13H,2-4,7-9,11H2,1H3,(H,20,24). The minimum absolute atomic E-state index is 0.0101. The number of amides is 1. The van der Waals surface area contributed by atoms with E-state index in [1.54, 1.807) is 12.1 Å². The summed E-state index contributed by atoms with van der Waals surface area (Å²) in [5, 5.41) is 3.41. The Morgan fingerprint density at radius 3 is 3.04 bits per heavy atom. The van der Waals surface area contributed by atoms with E-state index in [1.807, 2.05) is 6.07 Å². The van der Waals surface area contributed by atoms with E-state index >= 15 is 0 Å². The maximum atomic E-state index is 12.5. The van der Waals surface area contributed by atoms with Crippen molar-refractivity contribution in [3.05, 3.63) is 39.4 Å². The highest BCUT2D eigenvalue weighted by molar-refractivity contribution is 9.10. The Hall–Kier alpha value is -1.73. The molecule has 6 nitrogen and oxygen atoms in total. The van der Waals surface area contributed by atoms with E-state index in [1.165, 1.54) is 30.2 Å². The Bertz CT molecular complexity index is 820. The quantitative estimate of drug-likeness (QED) is 0.825. The van der Waals surface area contributed by atoms with Gasteiger partial charge in [-0.2, -0.15) is 0 Å². The van der Waals surface area contributed by atoms with Crippen LogP contribution in [0.2, 0.25) is 0 Å². The summed E-state index contributed by atoms with van der Waals surface area (Å²) in [7, 11) is 0. The lowest BCUT2D eigenvalue weighted by Gasteiger charge is -2.33. The van der Waals surface area contributed by atoms with Crippen LogP contribution < -0.4 is 10.9 Å². The van der Waals surface area contributed by atoms with Gasteiger partial charge in [0.1, 0.15) is 6.54 Å². The van der Waals surface area contributed by atoms with E-state index in [9.17, 15) is 9.59 Å². The third-order valence-electron chi connectivity index (χ3n) is 4.76. The number of rotatable bonds is 5. The second kappa shape index (κ2) is 8.10. The fourth-order valence-corrected chi connectivity index (χ4v) is 3.64. The van der Waals surface area contributed by atoms with Gasteiger partial charge in [-0.25, -0.2) is 4.98 Å². The molecule has 0 bridgehead atoms. The lowest BCUT2D eigenvalue weighted by molar-refractivity contribution is -0.121. The van der Waals surface area contributed by atoms with E-state index in [4.69, 9.17) is 0 Å². The number of nitrogens with one attached hydrogen (secondary N) is 1. The van der Waals surface area contributed by atoms with Crippen molar-refractivity contribution in [2.24, 2.45) is 0 Å². The zero-order chi connectivity index (χ0) is 17.8. The molecule has 0 saturated carbocycles. The average molecular weight is 407 g/mol. The molecule has 1 saturated heterocycles. The highest BCUT2D eigenvalue weighted by atomic mass is 79.9. The molecule has 1 aliphatic rings. The topological polar surface area (TPSA) is 67.2 Å². The third-order valence-corrected chi connectivity index (χ3v) is 5.26. The summed E-state index contributed by atoms with van der Waals surface area (Å²) in [6.45, 7) is 4.78. The van der Waals surface area contributed by atoms with Crippen LogP contribution in [0.1, 0.15) is 26.2 Å². The average Bonchev–Trinajstić information content (AvgIpc) is 2.59. The molecule has 1 amide bonds. The van der Waals surface area contributed by atoms with E-state index in [-0.39, 0.29) is 18.0 Å². The van der Waals surface area contributed by atoms with Crippen LogP contribution in [-0.2, 0) is 11.3 Å². The van der Waals surface area contributed by atoms with Gasteiger partial charge < -0.3 is 5.32 Å². The fourth-order valence-electron chi connectivity index (χ4n) is 3.28. The third kappa shape index (κ3) is 4.46. The van der Waals surface area contributed by atoms with Crippen molar-refractivity contribution in [2.45, 2.75) is 38.8 Å². The smallest absolute Gasteiger partial charge is 0.261 e. The summed E-state index contributed by atoms with van der Waals surface area (Å²) in [6, 6.07) is 5.94. The minimum Gasteiger partial charge on any atom is -0.353 e. The van der Waals surface area contributed by atoms with Gasteiger partial charge in [-0.3, -0.25) is 19.1 Å². The predicted molar refractivity (Wildman–Crippen MR) is 102 cm³/mol. The molecular weight excluding hydrogens is 384 g/mol. The molecule has 2 aromatic rings. The van der Waals surface area contributed by atoms with Gasteiger partial charge in [0.15, 0.2) is 0 Å². The van der Waals surface area contributed by atoms with E-state index in [2.05, 4.69) is 38.1 Å². The second-order valence-electron chi connectivity index (χ2n) is 6.57. The van der Waals surface area contributed by atoms with E-state index < -0.39 is 0 Å². The van der Waals surface area contributed by atoms with Crippen LogP contribution in [0.15, 0.2) is 33.8 Å². The molecule has 1 atom stereocenters. The number of carbonyl (C=O) groups is 1. The maximum Gasteiger partial charge on any atom is 0.261 e. The first kappa shape index (κ1) is 18.1. The Morgan fingerprint density at radius 1 is 1.40 bits per heavy atom. The first-order chi connectivity index (χ1) is 12.0. The molecule has 25 heavy (non-hydrogen) atoms. The van der Waals surface area contributed by atoms with Gasteiger partial charge in [0.2, 0.25) is 5.91 Å². The Morgan fingerprint density at radius 2 is 2.24 bits per heavy atom. The Kier molecular flexibility index (Phi) is 5.86. The molecule has 3 rings (SSSR count). The molecule has 1 aromatic heterocycles. The summed E-state index contributed by atoms with van der Waals surface area (Å²) in [5.41, 5.74) is 0.426. The number of hydrogen-bond acceptors (Lipinski definition) is 4. The summed E-state index contributed by atoms with van der Waals surface area (Å²) in [4.78, 5) is 31.3. The zero-order valence-corrected chi connectivity index (χ0v) is 16.0. The van der Waals surface area contributed by atoms with Gasteiger partial charge in [0, 0.05) is 23.6 Å². The molecule has 1 fully saturated rings. The Balaban J connectivity index is 1.58. The number of aromatic nitrogens is 2. The van der Waals surface area contributed by atoms with Gasteiger partial charge in [-0.1, -0.05) is 22.4 Å². The molecule has 2 heterocycles. The summed E-state index contributed by atoms with van der Waals surface area (Å²) < 4.78 is 2.17. The van der Waals surface area contributed by atoms with Crippen LogP contribution >= 0.6 is 15.9 Å². The van der Waals surface area contributed by atoms with Gasteiger partial charge in [0.25, 0.3) is 5.56 Å². The van der Waals surface area contributed by atoms with E-state index in [0.29, 0.717) is 23.5 Å². The normalized spacial score (nSPS) is 18.4. The number of benzene rings is 1. The first-order valence-corrected chi connectivity index (χ1v) is 9.49. The van der Waals surface area contributed by atoms with Crippen LogP contribution in [-0.4, -0.2) is 46.0 Å². The molecule has 1 unspecified atom stereocenters. The highest BCUT2D eigenvalue weighted by Gasteiger charge is 2.17. The van der Waals surface area contributed by atoms with Crippen LogP contribution in [0, 0.1) is 0 Å². The predicted octanol–water partition coefficient (Wildman–Crippen LogP) is 2.15. The lowest BCUT2D eigenvalue weighted by Crippen LogP contribution is -2.43. The van der Waals surface area contributed by atoms with Crippen LogP contribution in [0.5, 0.6) is 0 Å². The Labute approximate surface area is 155 Å². The van der Waals surface area contributed by atoms with Crippen molar-refractivity contribution < 1.29 is 4.79 Å². The van der Waals surface area contributed by atoms with Crippen molar-refractivity contribution in [1.82, 2.24) is 19.8 Å². The number of halogens is 1. The van der Waals surface area contributed by atoms with Gasteiger partial charge in [0.05, 0.1) is 17.2 Å². The molecule has 0 spiro atoms. The van der Waals surface area contributed by atoms with Gasteiger partial charge >= 0.3 is 0 Å². The highest BCUT2D eigenvalue weighted by Crippen LogP contribution is 2.15. The molecule has 7 heteroatoms. The van der Waals surface area contributed by atoms with Crippen molar-refractivity contribution >= 4 is 32.7 Å². The number of piperidine rings is 1. The number of fused-ring (bicyclic) bond motifs is 1. The number of hydrogen-bond donors (Lipinski definition) is 1. The monoisotopic (exact) mass is 406 g/mol. The zero-order valence-electron chi connectivity index (χ0n) is 14.4. The summed E-state index contributed by atoms with van der Waals surface area (Å²) >= 11 is 3.36. The molecule has 0 aliphatic carbocycles. The minimum atomic E-state index is -0.203. The maximum absolute atomic E-state index is 12.5. The van der Waals surface area contributed by atoms with Crippen molar-refractivity contribution in [1.29, 1.82) is 0 Å². The number of carbonyl (C=O) groups excluding carboxylic acids is 1. The van der Waals surface area contributed by atoms with Crippen molar-refractivity contribution in [3.63, 3.8) is 0 Å². The van der Waals surface area contributed by atoms with Crippen molar-refractivity contribution in [2.75, 3.05) is 19.6 Å². The fraction of sp³-hybridized carbons (Fsp3) is 0.500. The van der Waals surface area contributed by atoms with Crippen LogP contribution in [0.3, 0.4) is 0 Å². The second-order valence-corrected chi connectivity index (χ2v) is 7.49. The van der Waals surface area contributed by atoms with E-state index in [0.717, 1.165) is 17.6 Å². The molecule has 1 aromatic carbocycles. The molecular formula is C18H23BrN4O2. The molecule has 134 valence electrons. The lowest BCUT2D eigenvalue weighted by atomic mass is 10.0. The molecule has 1 aliphatic heterocycles. The molecule has 1 N–H and O–H groups in total. The SMILES string of the molecule is CC1CCCCN1CCNC(=O)Cn1cnc2ccc(Br)cc2c1=O. The number of nitrogens with zero attached hydrogens (tertiary/aromatic N) is 3. The largest absolute Gasteiger partial charge is 0.353 e.